The molecule has 1 unspecified atom stereocenters. The average molecular weight is 529 g/mol. The molecule has 0 radical (unpaired) electrons. The minimum absolute atomic E-state index is 0.0134. The van der Waals surface area contributed by atoms with E-state index in [4.69, 9.17) is 4.74 Å². The Morgan fingerprint density at radius 3 is 2.67 bits per heavy atom. The van der Waals surface area contributed by atoms with Gasteiger partial charge in [-0.3, -0.25) is 9.59 Å². The average Bonchev–Trinajstić information content (AvgIpc) is 3.42. The van der Waals surface area contributed by atoms with E-state index in [1.165, 1.54) is 0 Å². The van der Waals surface area contributed by atoms with Gasteiger partial charge in [0.1, 0.15) is 11.6 Å². The van der Waals surface area contributed by atoms with Gasteiger partial charge in [0.05, 0.1) is 41.1 Å². The number of carbonyl (C=O) groups is 2. The second-order valence-corrected chi connectivity index (χ2v) is 9.96. The molecule has 2 N–H and O–H groups in total. The number of likely N-dealkylation sites (tertiary alicyclic amines) is 1. The van der Waals surface area contributed by atoms with Crippen molar-refractivity contribution in [3.63, 3.8) is 0 Å². The highest BCUT2D eigenvalue weighted by atomic mass is 16.5. The Morgan fingerprint density at radius 2 is 1.87 bits per heavy atom. The Balaban J connectivity index is 1.39. The minimum Gasteiger partial charge on any atom is -0.492 e. The number of ether oxygens (including phenoxy) is 1. The molecule has 1 saturated heterocycles. The number of carbonyl (C=O) groups excluding carboxylic acids is 2. The van der Waals surface area contributed by atoms with E-state index < -0.39 is 0 Å². The van der Waals surface area contributed by atoms with Gasteiger partial charge in [-0.15, -0.1) is 0 Å². The van der Waals surface area contributed by atoms with Crippen LogP contribution in [0.3, 0.4) is 0 Å². The van der Waals surface area contributed by atoms with Crippen molar-refractivity contribution in [1.29, 1.82) is 0 Å². The van der Waals surface area contributed by atoms with Gasteiger partial charge >= 0.3 is 0 Å². The van der Waals surface area contributed by atoms with E-state index in [0.717, 1.165) is 43.9 Å². The maximum atomic E-state index is 13.3. The maximum Gasteiger partial charge on any atom is 0.260 e. The second-order valence-electron chi connectivity index (χ2n) is 9.96. The van der Waals surface area contributed by atoms with Gasteiger partial charge in [0.25, 0.3) is 11.8 Å². The van der Waals surface area contributed by atoms with Crippen LogP contribution in [-0.2, 0) is 0 Å². The summed E-state index contributed by atoms with van der Waals surface area (Å²) in [7, 11) is 3.71. The van der Waals surface area contributed by atoms with Crippen LogP contribution < -0.4 is 25.2 Å². The smallest absolute Gasteiger partial charge is 0.260 e. The third kappa shape index (κ3) is 5.27. The number of para-hydroxylation sites is 1. The van der Waals surface area contributed by atoms with E-state index >= 15 is 0 Å². The summed E-state index contributed by atoms with van der Waals surface area (Å²) in [6, 6.07) is 15.3. The maximum absolute atomic E-state index is 13.3. The van der Waals surface area contributed by atoms with Gasteiger partial charge in [0.15, 0.2) is 0 Å². The number of pyridine rings is 1. The van der Waals surface area contributed by atoms with E-state index in [2.05, 4.69) is 22.5 Å². The van der Waals surface area contributed by atoms with Crippen LogP contribution in [0.15, 0.2) is 54.7 Å². The topological polar surface area (TPSA) is 90.0 Å². The third-order valence-corrected chi connectivity index (χ3v) is 7.33. The summed E-state index contributed by atoms with van der Waals surface area (Å²) < 4.78 is 5.93. The highest BCUT2D eigenvalue weighted by Gasteiger charge is 2.29. The molecule has 3 aromatic rings. The van der Waals surface area contributed by atoms with E-state index in [1.54, 1.807) is 24.2 Å². The number of anilines is 5. The number of benzene rings is 2. The summed E-state index contributed by atoms with van der Waals surface area (Å²) in [6.45, 7) is 6.96. The Bertz CT molecular complexity index is 1380. The molecule has 0 saturated carbocycles. The molecule has 2 aliphatic heterocycles. The van der Waals surface area contributed by atoms with Crippen LogP contribution in [0.4, 0.5) is 28.6 Å². The first-order chi connectivity index (χ1) is 18.9. The normalized spacial score (nSPS) is 16.6. The lowest BCUT2D eigenvalue weighted by molar-refractivity contribution is 0.0788. The van der Waals surface area contributed by atoms with Crippen LogP contribution in [0.5, 0.6) is 5.75 Å². The van der Waals surface area contributed by atoms with Crippen LogP contribution in [0.1, 0.15) is 47.4 Å². The van der Waals surface area contributed by atoms with Gasteiger partial charge in [-0.2, -0.15) is 0 Å². The number of hydrogen-bond donors (Lipinski definition) is 2. The number of fused-ring (bicyclic) bond motifs is 2. The Morgan fingerprint density at radius 1 is 1.05 bits per heavy atom. The summed E-state index contributed by atoms with van der Waals surface area (Å²) in [6.07, 6.45) is 3.74. The van der Waals surface area contributed by atoms with Crippen molar-refractivity contribution in [2.75, 3.05) is 55.5 Å². The molecular formula is C30H36N6O3. The van der Waals surface area contributed by atoms with Crippen LogP contribution >= 0.6 is 0 Å². The number of rotatable bonds is 8. The molecule has 0 bridgehead atoms. The van der Waals surface area contributed by atoms with E-state index in [9.17, 15) is 9.59 Å². The summed E-state index contributed by atoms with van der Waals surface area (Å²) in [5.41, 5.74) is 4.35. The monoisotopic (exact) mass is 528 g/mol. The number of nitrogens with zero attached hydrogens (tertiary/aromatic N) is 4. The lowest BCUT2D eigenvalue weighted by Gasteiger charge is -2.23. The van der Waals surface area contributed by atoms with Gasteiger partial charge in [-0.25, -0.2) is 4.98 Å². The summed E-state index contributed by atoms with van der Waals surface area (Å²) in [4.78, 5) is 36.5. The van der Waals surface area contributed by atoms with Crippen LogP contribution in [-0.4, -0.2) is 68.1 Å². The fourth-order valence-electron chi connectivity index (χ4n) is 5.21. The fourth-order valence-corrected chi connectivity index (χ4v) is 5.21. The van der Waals surface area contributed by atoms with Gasteiger partial charge < -0.3 is 30.1 Å². The molecule has 0 aliphatic carbocycles. The highest BCUT2D eigenvalue weighted by molar-refractivity contribution is 6.13. The molecule has 0 spiro atoms. The minimum atomic E-state index is -0.0805. The first-order valence-corrected chi connectivity index (χ1v) is 13.6. The molecule has 1 fully saturated rings. The van der Waals surface area contributed by atoms with E-state index in [0.29, 0.717) is 46.7 Å². The predicted octanol–water partition coefficient (Wildman–Crippen LogP) is 4.80. The summed E-state index contributed by atoms with van der Waals surface area (Å²) >= 11 is 0. The number of hydrogen-bond acceptors (Lipinski definition) is 7. The third-order valence-electron chi connectivity index (χ3n) is 7.33. The van der Waals surface area contributed by atoms with Crippen molar-refractivity contribution in [2.24, 2.45) is 0 Å². The molecule has 9 nitrogen and oxygen atoms in total. The number of aromatic nitrogens is 1. The molecule has 1 atom stereocenters. The SMILES string of the molecule is CCCNC1CCN(C(=O)c2ccc(Nc3cc4c(cn3)N(C)C(=O)c3ccccc3N4C)c(OCC)c2)C1. The number of nitrogens with one attached hydrogen (secondary N) is 2. The molecular weight excluding hydrogens is 492 g/mol. The van der Waals surface area contributed by atoms with Gasteiger partial charge in [-0.05, 0) is 56.6 Å². The van der Waals surface area contributed by atoms with Crippen LogP contribution in [0.2, 0.25) is 0 Å². The van der Waals surface area contributed by atoms with Crippen LogP contribution in [0.25, 0.3) is 0 Å². The van der Waals surface area contributed by atoms with Crippen LogP contribution in [0, 0.1) is 0 Å². The molecule has 39 heavy (non-hydrogen) atoms. The largest absolute Gasteiger partial charge is 0.492 e. The van der Waals surface area contributed by atoms with Gasteiger partial charge in [-0.1, -0.05) is 19.1 Å². The van der Waals surface area contributed by atoms with Crippen molar-refractivity contribution < 1.29 is 14.3 Å². The molecule has 2 aliphatic rings. The summed E-state index contributed by atoms with van der Waals surface area (Å²) in [5.74, 6) is 1.12. The quantitative estimate of drug-likeness (QED) is 0.434. The van der Waals surface area contributed by atoms with Crippen molar-refractivity contribution in [2.45, 2.75) is 32.7 Å². The lowest BCUT2D eigenvalue weighted by atomic mass is 10.1. The van der Waals surface area contributed by atoms with Gasteiger partial charge in [0, 0.05) is 44.9 Å². The molecule has 2 aromatic carbocycles. The van der Waals surface area contributed by atoms with E-state index in [-0.39, 0.29) is 11.8 Å². The molecule has 1 aromatic heterocycles. The lowest BCUT2D eigenvalue weighted by Crippen LogP contribution is -2.35. The fraction of sp³-hybridized carbons (Fsp3) is 0.367. The van der Waals surface area contributed by atoms with Crippen molar-refractivity contribution in [1.82, 2.24) is 15.2 Å². The zero-order valence-electron chi connectivity index (χ0n) is 23.0. The molecule has 9 heteroatoms. The first kappa shape index (κ1) is 26.5. The van der Waals surface area contributed by atoms with Gasteiger partial charge in [0.2, 0.25) is 0 Å². The zero-order chi connectivity index (χ0) is 27.5. The van der Waals surface area contributed by atoms with Crippen molar-refractivity contribution >= 4 is 40.4 Å². The van der Waals surface area contributed by atoms with E-state index in [1.807, 2.05) is 66.2 Å². The summed E-state index contributed by atoms with van der Waals surface area (Å²) in [5, 5.41) is 6.88. The Kier molecular flexibility index (Phi) is 7.70. The molecule has 2 amide bonds. The standard InChI is InChI=1S/C30H36N6O3/c1-5-14-31-21-13-15-36(19-21)29(37)20-11-12-23(27(16-20)39-6-2)33-28-17-25-26(18-32-28)35(4)30(38)22-9-7-8-10-24(22)34(25)3/h7-12,16-18,21,31H,5-6,13-15,19H2,1-4H3,(H,32,33). The molecule has 5 rings (SSSR count). The Hall–Kier alpha value is -4.11. The predicted molar refractivity (Wildman–Crippen MR) is 155 cm³/mol. The van der Waals surface area contributed by atoms with Crippen molar-refractivity contribution in [3.8, 4) is 5.75 Å². The van der Waals surface area contributed by atoms with Crippen molar-refractivity contribution in [3.05, 3.63) is 65.9 Å². The molecule has 3 heterocycles. The highest BCUT2D eigenvalue weighted by Crippen LogP contribution is 2.40. The first-order valence-electron chi connectivity index (χ1n) is 13.6. The number of amides is 2. The Labute approximate surface area is 229 Å². The second kappa shape index (κ2) is 11.3. The molecule has 204 valence electrons. The zero-order valence-corrected chi connectivity index (χ0v) is 23.0.